The lowest BCUT2D eigenvalue weighted by molar-refractivity contribution is -0.393. The highest BCUT2D eigenvalue weighted by molar-refractivity contribution is 5.82. The minimum atomic E-state index is -0.676. The number of benzene rings is 3. The molecule has 0 saturated carbocycles. The second kappa shape index (κ2) is 6.76. The molecule has 1 aromatic heterocycles. The molecule has 0 aliphatic carbocycles. The van der Waals surface area contributed by atoms with E-state index in [9.17, 15) is 20.2 Å². The zero-order chi connectivity index (χ0) is 19.7. The van der Waals surface area contributed by atoms with Gasteiger partial charge in [-0.2, -0.15) is 0 Å². The summed E-state index contributed by atoms with van der Waals surface area (Å²) < 4.78 is 1.69. The van der Waals surface area contributed by atoms with E-state index in [1.165, 1.54) is 12.1 Å². The number of nitrogens with one attached hydrogen (secondary N) is 1. The van der Waals surface area contributed by atoms with E-state index in [0.717, 1.165) is 17.3 Å². The highest BCUT2D eigenvalue weighted by atomic mass is 16.6. The molecule has 1 N–H and O–H groups in total. The third-order valence-corrected chi connectivity index (χ3v) is 4.11. The Morgan fingerprint density at radius 1 is 0.893 bits per heavy atom. The van der Waals surface area contributed by atoms with Gasteiger partial charge in [0.15, 0.2) is 0 Å². The first-order valence-electron chi connectivity index (χ1n) is 8.14. The van der Waals surface area contributed by atoms with Crippen molar-refractivity contribution >= 4 is 33.8 Å². The second-order valence-electron chi connectivity index (χ2n) is 5.88. The number of hydrogen-bond acceptors (Lipinski definition) is 7. The van der Waals surface area contributed by atoms with Crippen LogP contribution in [-0.2, 0) is 0 Å². The summed E-state index contributed by atoms with van der Waals surface area (Å²) in [6, 6.07) is 18.2. The molecule has 0 atom stereocenters. The first kappa shape index (κ1) is 17.1. The number of fused-ring (bicyclic) bond motifs is 1. The Bertz CT molecular complexity index is 1210. The normalized spacial score (nSPS) is 10.7. The smallest absolute Gasteiger partial charge is 0.299 e. The van der Waals surface area contributed by atoms with Crippen LogP contribution in [0.15, 0.2) is 66.7 Å². The van der Waals surface area contributed by atoms with Crippen LogP contribution in [0.1, 0.15) is 0 Å². The molecule has 10 nitrogen and oxygen atoms in total. The Morgan fingerprint density at radius 3 is 2.39 bits per heavy atom. The minimum absolute atomic E-state index is 0.144. The van der Waals surface area contributed by atoms with Gasteiger partial charge in [-0.15, -0.1) is 5.10 Å². The Balaban J connectivity index is 1.70. The van der Waals surface area contributed by atoms with E-state index in [2.05, 4.69) is 15.6 Å². The van der Waals surface area contributed by atoms with Crippen molar-refractivity contribution in [2.75, 3.05) is 5.32 Å². The summed E-state index contributed by atoms with van der Waals surface area (Å²) in [5.41, 5.74) is 2.18. The van der Waals surface area contributed by atoms with Crippen LogP contribution in [-0.4, -0.2) is 24.8 Å². The van der Waals surface area contributed by atoms with Crippen molar-refractivity contribution in [3.05, 3.63) is 87.0 Å². The number of aromatic nitrogens is 3. The van der Waals surface area contributed by atoms with Gasteiger partial charge in [0.1, 0.15) is 11.2 Å². The van der Waals surface area contributed by atoms with Crippen LogP contribution in [0.4, 0.5) is 22.7 Å². The number of nitro benzene ring substituents is 2. The second-order valence-corrected chi connectivity index (χ2v) is 5.88. The molecule has 0 radical (unpaired) electrons. The van der Waals surface area contributed by atoms with E-state index in [4.69, 9.17) is 0 Å². The number of hydrogen-bond donors (Lipinski definition) is 1. The Labute approximate surface area is 157 Å². The SMILES string of the molecule is O=[N+]([O-])c1ccc(Nc2ccc3c(c2)nnn3-c2ccccc2)c([N+](=O)[O-])c1. The van der Waals surface area contributed by atoms with E-state index in [-0.39, 0.29) is 17.1 Å². The lowest BCUT2D eigenvalue weighted by Gasteiger charge is -2.07. The third kappa shape index (κ3) is 3.09. The number of nitrogens with zero attached hydrogens (tertiary/aromatic N) is 5. The largest absolute Gasteiger partial charge is 0.350 e. The van der Waals surface area contributed by atoms with Crippen LogP contribution in [0.2, 0.25) is 0 Å². The molecule has 0 unspecified atom stereocenters. The molecule has 4 rings (SSSR count). The number of para-hydroxylation sites is 1. The summed E-state index contributed by atoms with van der Waals surface area (Å²) in [7, 11) is 0. The molecular formula is C18H12N6O4. The van der Waals surface area contributed by atoms with Crippen LogP contribution >= 0.6 is 0 Å². The zero-order valence-corrected chi connectivity index (χ0v) is 14.2. The molecule has 1 heterocycles. The van der Waals surface area contributed by atoms with Crippen LogP contribution in [0.3, 0.4) is 0 Å². The lowest BCUT2D eigenvalue weighted by atomic mass is 10.2. The van der Waals surface area contributed by atoms with Gasteiger partial charge >= 0.3 is 0 Å². The molecule has 138 valence electrons. The van der Waals surface area contributed by atoms with E-state index in [1.807, 2.05) is 30.3 Å². The van der Waals surface area contributed by atoms with Gasteiger partial charge in [0.2, 0.25) is 0 Å². The fourth-order valence-corrected chi connectivity index (χ4v) is 2.81. The van der Waals surface area contributed by atoms with Crippen LogP contribution in [0, 0.1) is 20.2 Å². The van der Waals surface area contributed by atoms with Gasteiger partial charge in [-0.05, 0) is 36.4 Å². The van der Waals surface area contributed by atoms with Crippen molar-refractivity contribution in [3.8, 4) is 5.69 Å². The van der Waals surface area contributed by atoms with Gasteiger partial charge in [-0.25, -0.2) is 4.68 Å². The molecule has 0 aliphatic heterocycles. The molecule has 0 saturated heterocycles. The van der Waals surface area contributed by atoms with Gasteiger partial charge in [-0.3, -0.25) is 20.2 Å². The number of anilines is 2. The molecule has 10 heteroatoms. The highest BCUT2D eigenvalue weighted by Gasteiger charge is 2.19. The summed E-state index contributed by atoms with van der Waals surface area (Å²) in [4.78, 5) is 20.8. The monoisotopic (exact) mass is 376 g/mol. The van der Waals surface area contributed by atoms with Gasteiger partial charge < -0.3 is 5.32 Å². The fraction of sp³-hybridized carbons (Fsp3) is 0. The van der Waals surface area contributed by atoms with Crippen molar-refractivity contribution in [1.29, 1.82) is 0 Å². The molecule has 0 aliphatic rings. The summed E-state index contributed by atoms with van der Waals surface area (Å²) in [6.07, 6.45) is 0. The Kier molecular flexibility index (Phi) is 4.13. The lowest BCUT2D eigenvalue weighted by Crippen LogP contribution is -1.99. The third-order valence-electron chi connectivity index (χ3n) is 4.11. The van der Waals surface area contributed by atoms with Crippen LogP contribution in [0.5, 0.6) is 0 Å². The molecule has 4 aromatic rings. The maximum atomic E-state index is 11.3. The number of nitro groups is 2. The fourth-order valence-electron chi connectivity index (χ4n) is 2.81. The highest BCUT2D eigenvalue weighted by Crippen LogP contribution is 2.32. The van der Waals surface area contributed by atoms with Gasteiger partial charge in [-0.1, -0.05) is 23.4 Å². The first-order valence-corrected chi connectivity index (χ1v) is 8.14. The van der Waals surface area contributed by atoms with Crippen molar-refractivity contribution in [2.45, 2.75) is 0 Å². The molecule has 3 aromatic carbocycles. The summed E-state index contributed by atoms with van der Waals surface area (Å²) in [6.45, 7) is 0. The molecule has 0 spiro atoms. The summed E-state index contributed by atoms with van der Waals surface area (Å²) in [5, 5.41) is 33.3. The van der Waals surface area contributed by atoms with Gasteiger partial charge in [0.25, 0.3) is 11.4 Å². The number of non-ortho nitro benzene ring substituents is 1. The van der Waals surface area contributed by atoms with Gasteiger partial charge in [0, 0.05) is 11.8 Å². The van der Waals surface area contributed by atoms with E-state index in [1.54, 1.807) is 22.9 Å². The predicted octanol–water partition coefficient (Wildman–Crippen LogP) is 3.98. The molecular weight excluding hydrogens is 364 g/mol. The molecule has 0 bridgehead atoms. The standard InChI is InChI=1S/C18H12N6O4/c25-23(26)14-7-8-15(18(11-14)24(27)28)19-12-6-9-17-16(10-12)20-21-22(17)13-4-2-1-3-5-13/h1-11,19H. The topological polar surface area (TPSA) is 129 Å². The van der Waals surface area contributed by atoms with E-state index >= 15 is 0 Å². The Morgan fingerprint density at radius 2 is 1.68 bits per heavy atom. The van der Waals surface area contributed by atoms with E-state index < -0.39 is 9.85 Å². The average molecular weight is 376 g/mol. The van der Waals surface area contributed by atoms with Crippen LogP contribution in [0.25, 0.3) is 16.7 Å². The van der Waals surface area contributed by atoms with Crippen molar-refractivity contribution < 1.29 is 9.85 Å². The number of rotatable bonds is 5. The minimum Gasteiger partial charge on any atom is -0.350 e. The molecule has 0 fully saturated rings. The maximum absolute atomic E-state index is 11.3. The van der Waals surface area contributed by atoms with Crippen LogP contribution < -0.4 is 5.32 Å². The van der Waals surface area contributed by atoms with Crippen molar-refractivity contribution in [3.63, 3.8) is 0 Å². The molecule has 0 amide bonds. The first-order chi connectivity index (χ1) is 13.5. The van der Waals surface area contributed by atoms with Crippen molar-refractivity contribution in [1.82, 2.24) is 15.0 Å². The quantitative estimate of drug-likeness (QED) is 0.412. The predicted molar refractivity (Wildman–Crippen MR) is 102 cm³/mol. The van der Waals surface area contributed by atoms with E-state index in [0.29, 0.717) is 11.2 Å². The van der Waals surface area contributed by atoms with Crippen molar-refractivity contribution in [2.24, 2.45) is 0 Å². The summed E-state index contributed by atoms with van der Waals surface area (Å²) >= 11 is 0. The average Bonchev–Trinajstić information content (AvgIpc) is 3.12. The summed E-state index contributed by atoms with van der Waals surface area (Å²) in [5.74, 6) is 0. The molecule has 28 heavy (non-hydrogen) atoms. The maximum Gasteiger partial charge on any atom is 0.299 e. The zero-order valence-electron chi connectivity index (χ0n) is 14.2. The Hall–Kier alpha value is -4.34. The van der Waals surface area contributed by atoms with Gasteiger partial charge in [0.05, 0.1) is 27.1 Å².